The van der Waals surface area contributed by atoms with Gasteiger partial charge in [-0.25, -0.2) is 4.98 Å². The van der Waals surface area contributed by atoms with E-state index < -0.39 is 0 Å². The lowest BCUT2D eigenvalue weighted by Gasteiger charge is -2.03. The first-order valence-corrected chi connectivity index (χ1v) is 6.71. The molecule has 1 aromatic heterocycles. The number of hydrogen-bond donors (Lipinski definition) is 0. The molecule has 0 aliphatic rings. The van der Waals surface area contributed by atoms with Gasteiger partial charge in [-0.05, 0) is 21.5 Å². The fourth-order valence-electron chi connectivity index (χ4n) is 1.30. The Bertz CT molecular complexity index is 498. The van der Waals surface area contributed by atoms with E-state index in [1.54, 1.807) is 0 Å². The van der Waals surface area contributed by atoms with E-state index >= 15 is 0 Å². The molecule has 0 radical (unpaired) electrons. The second kappa shape index (κ2) is 5.93. The third-order valence-electron chi connectivity index (χ3n) is 2.09. The number of rotatable bonds is 4. The van der Waals surface area contributed by atoms with Gasteiger partial charge in [0.25, 0.3) is 0 Å². The molecule has 5 heteroatoms. The van der Waals surface area contributed by atoms with E-state index in [9.17, 15) is 4.79 Å². The zero-order valence-corrected chi connectivity index (χ0v) is 11.3. The Balaban J connectivity index is 1.82. The standard InChI is InChI=1S/C12H10BrNO2S/c13-12-14-10(8-17-12)6-11(15)16-7-9-4-2-1-3-5-9/h1-5,8H,6-7H2. The van der Waals surface area contributed by atoms with E-state index in [-0.39, 0.29) is 12.4 Å². The summed E-state index contributed by atoms with van der Waals surface area (Å²) in [6.07, 6.45) is 0.217. The molecule has 0 fully saturated rings. The topological polar surface area (TPSA) is 39.2 Å². The third kappa shape index (κ3) is 3.94. The highest BCUT2D eigenvalue weighted by atomic mass is 79.9. The van der Waals surface area contributed by atoms with Gasteiger partial charge in [-0.2, -0.15) is 0 Å². The first-order valence-electron chi connectivity index (χ1n) is 5.03. The Morgan fingerprint density at radius 1 is 1.35 bits per heavy atom. The van der Waals surface area contributed by atoms with Gasteiger partial charge in [0.05, 0.1) is 12.1 Å². The Morgan fingerprint density at radius 3 is 2.76 bits per heavy atom. The van der Waals surface area contributed by atoms with Crippen molar-refractivity contribution in [3.8, 4) is 0 Å². The minimum atomic E-state index is -0.258. The highest BCUT2D eigenvalue weighted by molar-refractivity contribution is 9.11. The molecule has 0 unspecified atom stereocenters. The number of carbonyl (C=O) groups is 1. The van der Waals surface area contributed by atoms with Crippen molar-refractivity contribution >= 4 is 33.2 Å². The van der Waals surface area contributed by atoms with Crippen molar-refractivity contribution in [3.05, 3.63) is 50.9 Å². The maximum atomic E-state index is 11.5. The minimum Gasteiger partial charge on any atom is -0.461 e. The lowest BCUT2D eigenvalue weighted by molar-refractivity contribution is -0.144. The molecule has 0 N–H and O–H groups in total. The van der Waals surface area contributed by atoms with Crippen molar-refractivity contribution < 1.29 is 9.53 Å². The van der Waals surface area contributed by atoms with Crippen LogP contribution < -0.4 is 0 Å². The summed E-state index contributed by atoms with van der Waals surface area (Å²) in [5, 5.41) is 1.84. The first kappa shape index (κ1) is 12.3. The van der Waals surface area contributed by atoms with Gasteiger partial charge < -0.3 is 4.74 Å². The Morgan fingerprint density at radius 2 is 2.12 bits per heavy atom. The summed E-state index contributed by atoms with van der Waals surface area (Å²) in [7, 11) is 0. The second-order valence-corrected chi connectivity index (χ2v) is 5.55. The number of esters is 1. The first-order chi connectivity index (χ1) is 8.24. The van der Waals surface area contributed by atoms with Crippen LogP contribution in [0.4, 0.5) is 0 Å². The zero-order valence-electron chi connectivity index (χ0n) is 8.93. The number of benzene rings is 1. The third-order valence-corrected chi connectivity index (χ3v) is 3.51. The predicted octanol–water partition coefficient (Wildman–Crippen LogP) is 3.19. The van der Waals surface area contributed by atoms with Crippen LogP contribution in [-0.4, -0.2) is 11.0 Å². The Kier molecular flexibility index (Phi) is 4.28. The summed E-state index contributed by atoms with van der Waals surface area (Å²) < 4.78 is 5.93. The van der Waals surface area contributed by atoms with Gasteiger partial charge in [-0.15, -0.1) is 11.3 Å². The number of ether oxygens (including phenoxy) is 1. The molecule has 0 spiro atoms. The average molecular weight is 312 g/mol. The van der Waals surface area contributed by atoms with E-state index in [2.05, 4.69) is 20.9 Å². The SMILES string of the molecule is O=C(Cc1csc(Br)n1)OCc1ccccc1. The smallest absolute Gasteiger partial charge is 0.312 e. The summed E-state index contributed by atoms with van der Waals surface area (Å²) in [4.78, 5) is 15.7. The fourth-order valence-corrected chi connectivity index (χ4v) is 2.35. The molecule has 17 heavy (non-hydrogen) atoms. The van der Waals surface area contributed by atoms with Crippen molar-refractivity contribution in [2.75, 3.05) is 0 Å². The van der Waals surface area contributed by atoms with Crippen LogP contribution in [0, 0.1) is 0 Å². The lowest BCUT2D eigenvalue weighted by Crippen LogP contribution is -2.08. The molecule has 3 nitrogen and oxygen atoms in total. The van der Waals surface area contributed by atoms with Crippen molar-refractivity contribution in [1.29, 1.82) is 0 Å². The van der Waals surface area contributed by atoms with Gasteiger partial charge >= 0.3 is 5.97 Å². The molecule has 1 aromatic carbocycles. The molecular formula is C12H10BrNO2S. The molecule has 0 saturated heterocycles. The summed E-state index contributed by atoms with van der Waals surface area (Å²) in [6, 6.07) is 9.61. The maximum Gasteiger partial charge on any atom is 0.312 e. The fraction of sp³-hybridized carbons (Fsp3) is 0.167. The van der Waals surface area contributed by atoms with Crippen molar-refractivity contribution in [2.45, 2.75) is 13.0 Å². The van der Waals surface area contributed by atoms with E-state index in [1.807, 2.05) is 35.7 Å². The van der Waals surface area contributed by atoms with Crippen LogP contribution in [-0.2, 0) is 22.6 Å². The van der Waals surface area contributed by atoms with E-state index in [0.717, 1.165) is 15.2 Å². The molecule has 2 rings (SSSR count). The van der Waals surface area contributed by atoms with Crippen LogP contribution >= 0.6 is 27.3 Å². The number of aromatic nitrogens is 1. The Hall–Kier alpha value is -1.20. The normalized spacial score (nSPS) is 10.2. The van der Waals surface area contributed by atoms with Crippen LogP contribution in [0.2, 0.25) is 0 Å². The van der Waals surface area contributed by atoms with Crippen molar-refractivity contribution in [1.82, 2.24) is 4.98 Å². The molecule has 0 atom stereocenters. The zero-order chi connectivity index (χ0) is 12.1. The predicted molar refractivity (Wildman–Crippen MR) is 69.8 cm³/mol. The quantitative estimate of drug-likeness (QED) is 0.814. The van der Waals surface area contributed by atoms with Crippen LogP contribution in [0.1, 0.15) is 11.3 Å². The van der Waals surface area contributed by atoms with Gasteiger partial charge in [0.15, 0.2) is 3.92 Å². The van der Waals surface area contributed by atoms with E-state index in [0.29, 0.717) is 6.61 Å². The second-order valence-electron chi connectivity index (χ2n) is 3.41. The van der Waals surface area contributed by atoms with Gasteiger partial charge in [-0.1, -0.05) is 30.3 Å². The van der Waals surface area contributed by atoms with Crippen LogP contribution in [0.5, 0.6) is 0 Å². The van der Waals surface area contributed by atoms with E-state index in [4.69, 9.17) is 4.74 Å². The largest absolute Gasteiger partial charge is 0.461 e. The summed E-state index contributed by atoms with van der Waals surface area (Å²) in [5.41, 5.74) is 1.72. The van der Waals surface area contributed by atoms with Crippen molar-refractivity contribution in [3.63, 3.8) is 0 Å². The number of halogens is 1. The van der Waals surface area contributed by atoms with Crippen LogP contribution in [0.25, 0.3) is 0 Å². The van der Waals surface area contributed by atoms with Gasteiger partial charge in [0.1, 0.15) is 6.61 Å². The molecule has 0 aliphatic heterocycles. The average Bonchev–Trinajstić information content (AvgIpc) is 2.73. The lowest BCUT2D eigenvalue weighted by atomic mass is 10.2. The summed E-state index contributed by atoms with van der Waals surface area (Å²) in [5.74, 6) is -0.258. The molecular weight excluding hydrogens is 302 g/mol. The Labute approximate surface area is 112 Å². The van der Waals surface area contributed by atoms with Gasteiger partial charge in [0, 0.05) is 5.38 Å². The molecule has 0 saturated carbocycles. The van der Waals surface area contributed by atoms with Crippen LogP contribution in [0.15, 0.2) is 39.6 Å². The molecule has 1 heterocycles. The molecule has 88 valence electrons. The van der Waals surface area contributed by atoms with Gasteiger partial charge in [0.2, 0.25) is 0 Å². The summed E-state index contributed by atoms with van der Waals surface area (Å²) >= 11 is 4.71. The van der Waals surface area contributed by atoms with Crippen LogP contribution in [0.3, 0.4) is 0 Å². The molecule has 2 aromatic rings. The highest BCUT2D eigenvalue weighted by Crippen LogP contribution is 2.16. The maximum absolute atomic E-state index is 11.5. The summed E-state index contributed by atoms with van der Waals surface area (Å²) in [6.45, 7) is 0.310. The van der Waals surface area contributed by atoms with Crippen molar-refractivity contribution in [2.24, 2.45) is 0 Å². The minimum absolute atomic E-state index is 0.217. The van der Waals surface area contributed by atoms with E-state index in [1.165, 1.54) is 11.3 Å². The molecule has 0 aliphatic carbocycles. The molecule has 0 amide bonds. The number of carbonyl (C=O) groups excluding carboxylic acids is 1. The number of hydrogen-bond acceptors (Lipinski definition) is 4. The highest BCUT2D eigenvalue weighted by Gasteiger charge is 2.08. The molecule has 0 bridgehead atoms. The monoisotopic (exact) mass is 311 g/mol. The number of nitrogens with zero attached hydrogens (tertiary/aromatic N) is 1. The van der Waals surface area contributed by atoms with Gasteiger partial charge in [-0.3, -0.25) is 4.79 Å². The number of thiazole rings is 1.